The van der Waals surface area contributed by atoms with Crippen molar-refractivity contribution < 1.29 is 24.2 Å². The van der Waals surface area contributed by atoms with Crippen LogP contribution in [0.25, 0.3) is 0 Å². The first-order valence-electron chi connectivity index (χ1n) is 8.50. The van der Waals surface area contributed by atoms with Gasteiger partial charge in [-0.15, -0.1) is 0 Å². The molecular weight excluding hydrogens is 334 g/mol. The number of rotatable bonds is 8. The normalized spacial score (nSPS) is 11.5. The first-order valence-corrected chi connectivity index (χ1v) is 8.50. The highest BCUT2D eigenvalue weighted by atomic mass is 16.5. The monoisotopic (exact) mass is 357 g/mol. The maximum Gasteiger partial charge on any atom is 0.310 e. The Bertz CT molecular complexity index is 788. The molecule has 2 aromatic rings. The third-order valence-corrected chi connectivity index (χ3v) is 3.82. The van der Waals surface area contributed by atoms with Crippen molar-refractivity contribution in [3.8, 4) is 11.5 Å². The molecular formula is C20H23NO5. The van der Waals surface area contributed by atoms with Gasteiger partial charge in [-0.2, -0.15) is 0 Å². The fourth-order valence-electron chi connectivity index (χ4n) is 2.42. The number of anilines is 1. The molecule has 1 amide bonds. The zero-order valence-electron chi connectivity index (χ0n) is 15.1. The van der Waals surface area contributed by atoms with E-state index in [1.807, 2.05) is 13.8 Å². The first-order chi connectivity index (χ1) is 12.5. The second-order valence-electron chi connectivity index (χ2n) is 5.67. The molecule has 0 bridgehead atoms. The maximum absolute atomic E-state index is 12.5. The number of ether oxygens (including phenoxy) is 2. The number of hydrogen-bond acceptors (Lipinski definition) is 4. The van der Waals surface area contributed by atoms with Crippen LogP contribution < -0.4 is 14.8 Å². The molecule has 2 aromatic carbocycles. The van der Waals surface area contributed by atoms with Gasteiger partial charge in [0.05, 0.1) is 19.1 Å². The topological polar surface area (TPSA) is 84.9 Å². The number of aliphatic carboxylic acids is 1. The average Bonchev–Trinajstić information content (AvgIpc) is 2.63. The number of carbonyl (C=O) groups excluding carboxylic acids is 1. The summed E-state index contributed by atoms with van der Waals surface area (Å²) in [7, 11) is 0. The summed E-state index contributed by atoms with van der Waals surface area (Å²) in [4.78, 5) is 23.7. The molecule has 2 N–H and O–H groups in total. The Labute approximate surface area is 152 Å². The van der Waals surface area contributed by atoms with Crippen molar-refractivity contribution in [1.29, 1.82) is 0 Å². The Morgan fingerprint density at radius 3 is 2.38 bits per heavy atom. The second-order valence-corrected chi connectivity index (χ2v) is 5.67. The number of nitrogens with one attached hydrogen (secondary N) is 1. The highest BCUT2D eigenvalue weighted by molar-refractivity contribution is 6.04. The molecule has 0 saturated carbocycles. The molecule has 6 nitrogen and oxygen atoms in total. The van der Waals surface area contributed by atoms with Gasteiger partial charge in [0.25, 0.3) is 5.91 Å². The number of amides is 1. The van der Waals surface area contributed by atoms with Crippen LogP contribution in [-0.2, 0) is 4.79 Å². The lowest BCUT2D eigenvalue weighted by molar-refractivity contribution is -0.138. The molecule has 0 fully saturated rings. The van der Waals surface area contributed by atoms with E-state index in [9.17, 15) is 9.59 Å². The predicted molar refractivity (Wildman–Crippen MR) is 99.2 cm³/mol. The third kappa shape index (κ3) is 4.75. The largest absolute Gasteiger partial charge is 0.490 e. The zero-order valence-corrected chi connectivity index (χ0v) is 15.1. The standard InChI is InChI=1S/C20H23NO5/c1-4-25-17-10-9-15(12-18(17)26-5-2)19(22)21-16-8-6-7-14(11-16)13(3)20(23)24/h6-13H,4-5H2,1-3H3,(H,21,22)(H,23,24). The molecule has 0 aliphatic heterocycles. The number of hydrogen-bond donors (Lipinski definition) is 2. The maximum atomic E-state index is 12.5. The molecule has 0 spiro atoms. The van der Waals surface area contributed by atoms with Gasteiger partial charge in [-0.25, -0.2) is 0 Å². The van der Waals surface area contributed by atoms with Gasteiger partial charge in [-0.1, -0.05) is 12.1 Å². The molecule has 0 aliphatic rings. The Hall–Kier alpha value is -3.02. The molecule has 0 heterocycles. The van der Waals surface area contributed by atoms with Crippen LogP contribution >= 0.6 is 0 Å². The molecule has 6 heteroatoms. The molecule has 138 valence electrons. The van der Waals surface area contributed by atoms with E-state index in [0.29, 0.717) is 41.5 Å². The Morgan fingerprint density at radius 1 is 1.04 bits per heavy atom. The van der Waals surface area contributed by atoms with Crippen LogP contribution in [0.15, 0.2) is 42.5 Å². The number of carbonyl (C=O) groups is 2. The minimum atomic E-state index is -0.915. The van der Waals surface area contributed by atoms with E-state index >= 15 is 0 Å². The van der Waals surface area contributed by atoms with E-state index in [2.05, 4.69) is 5.32 Å². The summed E-state index contributed by atoms with van der Waals surface area (Å²) in [6, 6.07) is 11.8. The minimum absolute atomic E-state index is 0.311. The van der Waals surface area contributed by atoms with Crippen LogP contribution in [0.5, 0.6) is 11.5 Å². The van der Waals surface area contributed by atoms with Crippen molar-refractivity contribution >= 4 is 17.6 Å². The van der Waals surface area contributed by atoms with Crippen molar-refractivity contribution in [2.24, 2.45) is 0 Å². The van der Waals surface area contributed by atoms with Gasteiger partial charge < -0.3 is 19.9 Å². The molecule has 0 aliphatic carbocycles. The van der Waals surface area contributed by atoms with E-state index in [1.165, 1.54) is 0 Å². The van der Waals surface area contributed by atoms with E-state index in [1.54, 1.807) is 49.4 Å². The van der Waals surface area contributed by atoms with Crippen LogP contribution in [0.3, 0.4) is 0 Å². The summed E-state index contributed by atoms with van der Waals surface area (Å²) in [5.41, 5.74) is 1.58. The van der Waals surface area contributed by atoms with E-state index in [0.717, 1.165) is 0 Å². The van der Waals surface area contributed by atoms with Gasteiger partial charge in [-0.3, -0.25) is 9.59 Å². The Kier molecular flexibility index (Phi) is 6.60. The van der Waals surface area contributed by atoms with Crippen LogP contribution in [0, 0.1) is 0 Å². The first kappa shape index (κ1) is 19.3. The summed E-state index contributed by atoms with van der Waals surface area (Å²) < 4.78 is 11.0. The predicted octanol–water partition coefficient (Wildman–Crippen LogP) is 3.92. The summed E-state index contributed by atoms with van der Waals surface area (Å²) >= 11 is 0. The lowest BCUT2D eigenvalue weighted by atomic mass is 10.0. The molecule has 0 saturated heterocycles. The Balaban J connectivity index is 2.21. The summed E-state index contributed by atoms with van der Waals surface area (Å²) in [6.07, 6.45) is 0. The lowest BCUT2D eigenvalue weighted by Crippen LogP contribution is -2.13. The van der Waals surface area contributed by atoms with Crippen molar-refractivity contribution in [1.82, 2.24) is 0 Å². The highest BCUT2D eigenvalue weighted by Gasteiger charge is 2.15. The third-order valence-electron chi connectivity index (χ3n) is 3.82. The van der Waals surface area contributed by atoms with Gasteiger partial charge in [-0.05, 0) is 56.7 Å². The number of carboxylic acids is 1. The minimum Gasteiger partial charge on any atom is -0.490 e. The van der Waals surface area contributed by atoms with Crippen molar-refractivity contribution in [2.45, 2.75) is 26.7 Å². The SMILES string of the molecule is CCOc1ccc(C(=O)Nc2cccc(C(C)C(=O)O)c2)cc1OCC. The van der Waals surface area contributed by atoms with Gasteiger partial charge in [0.1, 0.15) is 0 Å². The molecule has 0 aromatic heterocycles. The van der Waals surface area contributed by atoms with E-state index in [4.69, 9.17) is 14.6 Å². The van der Waals surface area contributed by atoms with Crippen LogP contribution in [0.1, 0.15) is 42.6 Å². The summed E-state index contributed by atoms with van der Waals surface area (Å²) in [6.45, 7) is 6.30. The van der Waals surface area contributed by atoms with Crippen molar-refractivity contribution in [3.63, 3.8) is 0 Å². The summed E-state index contributed by atoms with van der Waals surface area (Å²) in [5.74, 6) is -0.782. The van der Waals surface area contributed by atoms with Crippen LogP contribution in [-0.4, -0.2) is 30.2 Å². The number of benzene rings is 2. The number of carboxylic acid groups (broad SMARTS) is 1. The van der Waals surface area contributed by atoms with E-state index in [-0.39, 0.29) is 5.91 Å². The smallest absolute Gasteiger partial charge is 0.310 e. The Morgan fingerprint density at radius 2 is 1.73 bits per heavy atom. The van der Waals surface area contributed by atoms with E-state index < -0.39 is 11.9 Å². The molecule has 0 radical (unpaired) electrons. The fourth-order valence-corrected chi connectivity index (χ4v) is 2.42. The quantitative estimate of drug-likeness (QED) is 0.748. The van der Waals surface area contributed by atoms with Crippen LogP contribution in [0.4, 0.5) is 5.69 Å². The van der Waals surface area contributed by atoms with Gasteiger partial charge in [0.2, 0.25) is 0 Å². The summed E-state index contributed by atoms with van der Waals surface area (Å²) in [5, 5.41) is 11.9. The second kappa shape index (κ2) is 8.89. The van der Waals surface area contributed by atoms with Gasteiger partial charge >= 0.3 is 5.97 Å². The van der Waals surface area contributed by atoms with Crippen molar-refractivity contribution in [3.05, 3.63) is 53.6 Å². The highest BCUT2D eigenvalue weighted by Crippen LogP contribution is 2.29. The molecule has 1 unspecified atom stereocenters. The molecule has 2 rings (SSSR count). The molecule has 1 atom stereocenters. The van der Waals surface area contributed by atoms with Crippen LogP contribution in [0.2, 0.25) is 0 Å². The fraction of sp³-hybridized carbons (Fsp3) is 0.300. The zero-order chi connectivity index (χ0) is 19.1. The van der Waals surface area contributed by atoms with Crippen molar-refractivity contribution in [2.75, 3.05) is 18.5 Å². The lowest BCUT2D eigenvalue weighted by Gasteiger charge is -2.13. The molecule has 26 heavy (non-hydrogen) atoms. The average molecular weight is 357 g/mol. The van der Waals surface area contributed by atoms with Gasteiger partial charge in [0, 0.05) is 11.3 Å². The van der Waals surface area contributed by atoms with Gasteiger partial charge in [0.15, 0.2) is 11.5 Å².